The average molecular weight is 568 g/mol. The maximum atomic E-state index is 12.3. The van der Waals surface area contributed by atoms with Crippen LogP contribution in [0, 0.1) is 0 Å². The molecule has 1 saturated heterocycles. The van der Waals surface area contributed by atoms with Crippen LogP contribution < -0.4 is 14.8 Å². The molecule has 3 aromatic carbocycles. The van der Waals surface area contributed by atoms with Crippen LogP contribution in [0.1, 0.15) is 42.6 Å². The molecular formula is C30H32Cl2N4O3. The summed E-state index contributed by atoms with van der Waals surface area (Å²) in [5.74, 6) is 2.10. The number of hydrogen-bond acceptors (Lipinski definition) is 6. The minimum Gasteiger partial charge on any atom is -0.497 e. The van der Waals surface area contributed by atoms with E-state index in [1.165, 1.54) is 0 Å². The number of piperazine rings is 1. The van der Waals surface area contributed by atoms with Crippen molar-refractivity contribution in [3.63, 3.8) is 0 Å². The summed E-state index contributed by atoms with van der Waals surface area (Å²) in [5, 5.41) is 4.79. The third-order valence-electron chi connectivity index (χ3n) is 7.03. The fourth-order valence-electron chi connectivity index (χ4n) is 5.26. The van der Waals surface area contributed by atoms with Crippen LogP contribution >= 0.6 is 23.2 Å². The minimum atomic E-state index is -0.276. The highest BCUT2D eigenvalue weighted by atomic mass is 35.5. The van der Waals surface area contributed by atoms with E-state index in [2.05, 4.69) is 10.2 Å². The first-order chi connectivity index (χ1) is 18.9. The van der Waals surface area contributed by atoms with Gasteiger partial charge in [0.1, 0.15) is 29.5 Å². The van der Waals surface area contributed by atoms with Gasteiger partial charge in [-0.1, -0.05) is 47.5 Å². The van der Waals surface area contributed by atoms with Crippen LogP contribution in [0.4, 0.5) is 0 Å². The molecule has 5 rings (SSSR count). The molecule has 1 N–H and O–H groups in total. The number of methoxy groups -OCH3 is 1. The lowest BCUT2D eigenvalue weighted by Crippen LogP contribution is -2.60. The highest BCUT2D eigenvalue weighted by Gasteiger charge is 2.45. The van der Waals surface area contributed by atoms with E-state index < -0.39 is 0 Å². The molecule has 7 nitrogen and oxygen atoms in total. The van der Waals surface area contributed by atoms with E-state index in [-0.39, 0.29) is 24.4 Å². The molecule has 0 saturated carbocycles. The number of aliphatic imine (C=N–C) groups is 1. The number of amidine groups is 1. The monoisotopic (exact) mass is 566 g/mol. The van der Waals surface area contributed by atoms with Gasteiger partial charge < -0.3 is 24.6 Å². The number of benzene rings is 3. The molecule has 204 valence electrons. The average Bonchev–Trinajstić information content (AvgIpc) is 3.33. The fraction of sp³-hybridized carbons (Fsp3) is 0.333. The lowest BCUT2D eigenvalue weighted by atomic mass is 9.93. The van der Waals surface area contributed by atoms with Crippen LogP contribution in [0.25, 0.3) is 0 Å². The molecule has 2 heterocycles. The number of hydrogen-bond donors (Lipinski definition) is 1. The van der Waals surface area contributed by atoms with Gasteiger partial charge in [-0.15, -0.1) is 0 Å². The Kier molecular flexibility index (Phi) is 8.31. The number of halogens is 2. The Morgan fingerprint density at radius 1 is 1.00 bits per heavy atom. The van der Waals surface area contributed by atoms with Gasteiger partial charge in [0.2, 0.25) is 6.41 Å². The van der Waals surface area contributed by atoms with E-state index in [4.69, 9.17) is 37.7 Å². The van der Waals surface area contributed by atoms with Crippen molar-refractivity contribution in [2.75, 3.05) is 26.7 Å². The van der Waals surface area contributed by atoms with Crippen LogP contribution in [-0.2, 0) is 4.79 Å². The topological polar surface area (TPSA) is 66.4 Å². The zero-order valence-electron chi connectivity index (χ0n) is 22.2. The van der Waals surface area contributed by atoms with Gasteiger partial charge in [0, 0.05) is 35.7 Å². The van der Waals surface area contributed by atoms with Crippen molar-refractivity contribution in [1.29, 1.82) is 0 Å². The summed E-state index contributed by atoms with van der Waals surface area (Å²) in [6.07, 6.45) is 0.590. The number of ether oxygens (including phenoxy) is 2. The van der Waals surface area contributed by atoms with Gasteiger partial charge in [0.15, 0.2) is 0 Å². The molecule has 3 aromatic rings. The summed E-state index contributed by atoms with van der Waals surface area (Å²) in [5.41, 5.74) is 2.88. The van der Waals surface area contributed by atoms with Crippen molar-refractivity contribution in [2.45, 2.75) is 38.2 Å². The maximum Gasteiger partial charge on any atom is 0.211 e. The molecule has 39 heavy (non-hydrogen) atoms. The van der Waals surface area contributed by atoms with Gasteiger partial charge in [0.25, 0.3) is 0 Å². The van der Waals surface area contributed by atoms with Crippen LogP contribution in [-0.4, -0.2) is 61.1 Å². The van der Waals surface area contributed by atoms with Crippen LogP contribution in [0.15, 0.2) is 71.7 Å². The molecule has 0 spiro atoms. The highest BCUT2D eigenvalue weighted by Crippen LogP contribution is 2.46. The molecule has 1 fully saturated rings. The molecule has 3 unspecified atom stereocenters. The molecule has 9 heteroatoms. The summed E-state index contributed by atoms with van der Waals surface area (Å²) < 4.78 is 11.8. The second-order valence-corrected chi connectivity index (χ2v) is 10.8. The molecule has 2 aliphatic rings. The number of nitrogens with zero attached hydrogens (tertiary/aromatic N) is 3. The summed E-state index contributed by atoms with van der Waals surface area (Å²) in [6, 6.07) is 20.9. The Morgan fingerprint density at radius 2 is 1.67 bits per heavy atom. The SMILES string of the molecule is COc1ccc(C2=NC(c3ccc(Cl)cc3)C(c3ccc(Cl)cc3)N2C2CNCCN2C=O)c(OC(C)C)c1. The fourth-order valence-corrected chi connectivity index (χ4v) is 5.51. The van der Waals surface area contributed by atoms with Gasteiger partial charge in [-0.3, -0.25) is 9.79 Å². The van der Waals surface area contributed by atoms with Crippen LogP contribution in [0.5, 0.6) is 11.5 Å². The first-order valence-electron chi connectivity index (χ1n) is 13.0. The van der Waals surface area contributed by atoms with Gasteiger partial charge in [-0.05, 0) is 61.4 Å². The van der Waals surface area contributed by atoms with Gasteiger partial charge >= 0.3 is 0 Å². The van der Waals surface area contributed by atoms with E-state index in [0.717, 1.165) is 35.5 Å². The normalized spacial score (nSPS) is 21.2. The zero-order chi connectivity index (χ0) is 27.5. The number of amides is 1. The van der Waals surface area contributed by atoms with Crippen molar-refractivity contribution < 1.29 is 14.3 Å². The molecule has 0 aromatic heterocycles. The minimum absolute atomic E-state index is 0.0618. The second-order valence-electron chi connectivity index (χ2n) is 9.91. The zero-order valence-corrected chi connectivity index (χ0v) is 23.7. The summed E-state index contributed by atoms with van der Waals surface area (Å²) in [4.78, 5) is 21.8. The molecule has 1 amide bonds. The smallest absolute Gasteiger partial charge is 0.211 e. The van der Waals surface area contributed by atoms with Crippen molar-refractivity contribution in [2.24, 2.45) is 4.99 Å². The highest BCUT2D eigenvalue weighted by molar-refractivity contribution is 6.30. The lowest BCUT2D eigenvalue weighted by molar-refractivity contribution is -0.124. The molecule has 0 radical (unpaired) electrons. The number of rotatable bonds is 8. The Morgan fingerprint density at radius 3 is 2.28 bits per heavy atom. The number of carbonyl (C=O) groups excluding carboxylic acids is 1. The quantitative estimate of drug-likeness (QED) is 0.353. The van der Waals surface area contributed by atoms with Gasteiger partial charge in [-0.2, -0.15) is 0 Å². The number of carbonyl (C=O) groups is 1. The van der Waals surface area contributed by atoms with Crippen molar-refractivity contribution >= 4 is 35.4 Å². The van der Waals surface area contributed by atoms with E-state index in [9.17, 15) is 4.79 Å². The van der Waals surface area contributed by atoms with E-state index in [1.54, 1.807) is 7.11 Å². The molecule has 0 bridgehead atoms. The third kappa shape index (κ3) is 5.71. The predicted molar refractivity (Wildman–Crippen MR) is 155 cm³/mol. The Hall–Kier alpha value is -3.26. The Balaban J connectivity index is 1.73. The second kappa shape index (κ2) is 11.9. The largest absolute Gasteiger partial charge is 0.497 e. The maximum absolute atomic E-state index is 12.3. The molecular weight excluding hydrogens is 535 g/mol. The van der Waals surface area contributed by atoms with Crippen LogP contribution in [0.2, 0.25) is 10.0 Å². The summed E-state index contributed by atoms with van der Waals surface area (Å²) >= 11 is 12.5. The van der Waals surface area contributed by atoms with E-state index in [1.807, 2.05) is 85.5 Å². The van der Waals surface area contributed by atoms with Gasteiger partial charge in [0.05, 0.1) is 24.8 Å². The number of nitrogens with one attached hydrogen (secondary N) is 1. The Labute approximate surface area is 239 Å². The van der Waals surface area contributed by atoms with Crippen molar-refractivity contribution in [3.8, 4) is 11.5 Å². The van der Waals surface area contributed by atoms with Gasteiger partial charge in [-0.25, -0.2) is 0 Å². The molecule has 3 atom stereocenters. The third-order valence-corrected chi connectivity index (χ3v) is 7.54. The summed E-state index contributed by atoms with van der Waals surface area (Å²) in [7, 11) is 1.64. The van der Waals surface area contributed by atoms with Crippen LogP contribution in [0.3, 0.4) is 0 Å². The first kappa shape index (κ1) is 27.3. The first-order valence-corrected chi connectivity index (χ1v) is 13.8. The summed E-state index contributed by atoms with van der Waals surface area (Å²) in [6.45, 7) is 5.89. The van der Waals surface area contributed by atoms with E-state index in [0.29, 0.717) is 34.6 Å². The standard InChI is InChI=1S/C30H32Cl2N4O3/c1-19(2)39-26-16-24(38-3)12-13-25(26)30-34-28(20-4-8-22(31)9-5-20)29(21-6-10-23(32)11-7-21)36(30)27-17-33-14-15-35(27)18-37/h4-13,16,18-19,27-29,33H,14-15,17H2,1-3H3. The van der Waals surface area contributed by atoms with Crippen molar-refractivity contribution in [1.82, 2.24) is 15.1 Å². The molecule has 2 aliphatic heterocycles. The Bertz CT molecular complexity index is 1330. The van der Waals surface area contributed by atoms with Crippen molar-refractivity contribution in [3.05, 3.63) is 93.5 Å². The van der Waals surface area contributed by atoms with E-state index >= 15 is 0 Å². The lowest BCUT2D eigenvalue weighted by Gasteiger charge is -2.44. The molecule has 0 aliphatic carbocycles. The predicted octanol–water partition coefficient (Wildman–Crippen LogP) is 5.72.